The van der Waals surface area contributed by atoms with Gasteiger partial charge in [0.2, 0.25) is 0 Å². The molecule has 1 fully saturated rings. The van der Waals surface area contributed by atoms with Gasteiger partial charge in [-0.25, -0.2) is 4.79 Å². The molecular formula is C19H25N5O. The summed E-state index contributed by atoms with van der Waals surface area (Å²) in [6.45, 7) is 3.47. The third kappa shape index (κ3) is 3.13. The van der Waals surface area contributed by atoms with E-state index in [0.29, 0.717) is 6.54 Å². The van der Waals surface area contributed by atoms with E-state index in [1.54, 1.807) is 0 Å². The van der Waals surface area contributed by atoms with Crippen molar-refractivity contribution in [2.24, 2.45) is 0 Å². The lowest BCUT2D eigenvalue weighted by Crippen LogP contribution is -2.48. The number of rotatable bonds is 4. The number of urea groups is 1. The van der Waals surface area contributed by atoms with Crippen molar-refractivity contribution < 1.29 is 4.79 Å². The molecule has 6 heteroatoms. The van der Waals surface area contributed by atoms with Crippen molar-refractivity contribution in [3.05, 3.63) is 47.0 Å². The monoisotopic (exact) mass is 339 g/mol. The van der Waals surface area contributed by atoms with Crippen molar-refractivity contribution in [3.63, 3.8) is 0 Å². The Balaban J connectivity index is 1.44. The van der Waals surface area contributed by atoms with Crippen LogP contribution < -0.4 is 10.6 Å². The first-order valence-electron chi connectivity index (χ1n) is 9.20. The Morgan fingerprint density at radius 2 is 2.08 bits per heavy atom. The number of benzene rings is 1. The molecule has 2 aromatic rings. The molecule has 25 heavy (non-hydrogen) atoms. The molecule has 4 rings (SSSR count). The van der Waals surface area contributed by atoms with Crippen molar-refractivity contribution in [2.45, 2.75) is 64.1 Å². The summed E-state index contributed by atoms with van der Waals surface area (Å²) >= 11 is 0. The quantitative estimate of drug-likeness (QED) is 0.900. The van der Waals surface area contributed by atoms with Crippen LogP contribution in [0.15, 0.2) is 24.3 Å². The van der Waals surface area contributed by atoms with Crippen LogP contribution in [0.25, 0.3) is 0 Å². The first-order valence-corrected chi connectivity index (χ1v) is 9.20. The van der Waals surface area contributed by atoms with Gasteiger partial charge >= 0.3 is 6.03 Å². The van der Waals surface area contributed by atoms with E-state index in [-0.39, 0.29) is 11.6 Å². The maximum absolute atomic E-state index is 12.6. The van der Waals surface area contributed by atoms with E-state index in [0.717, 1.165) is 56.7 Å². The summed E-state index contributed by atoms with van der Waals surface area (Å²) in [4.78, 5) is 12.6. The summed E-state index contributed by atoms with van der Waals surface area (Å²) in [7, 11) is 0. The molecule has 0 bridgehead atoms. The van der Waals surface area contributed by atoms with Gasteiger partial charge in [-0.15, -0.1) is 10.2 Å². The lowest BCUT2D eigenvalue weighted by molar-refractivity contribution is 0.223. The Hall–Kier alpha value is -2.37. The molecule has 2 aliphatic rings. The van der Waals surface area contributed by atoms with Crippen LogP contribution in [-0.4, -0.2) is 20.8 Å². The fraction of sp³-hybridized carbons (Fsp3) is 0.526. The highest BCUT2D eigenvalue weighted by atomic mass is 16.2. The molecule has 132 valence electrons. The molecule has 0 spiro atoms. The smallest absolute Gasteiger partial charge is 0.315 e. The molecule has 2 heterocycles. The summed E-state index contributed by atoms with van der Waals surface area (Å²) in [5, 5.41) is 14.6. The Labute approximate surface area is 148 Å². The Bertz CT molecular complexity index is 776. The molecule has 1 aromatic carbocycles. The summed E-state index contributed by atoms with van der Waals surface area (Å²) in [5.74, 6) is 1.88. The Morgan fingerprint density at radius 3 is 2.88 bits per heavy atom. The zero-order valence-electron chi connectivity index (χ0n) is 14.7. The number of nitrogens with one attached hydrogen (secondary N) is 2. The highest BCUT2D eigenvalue weighted by Gasteiger charge is 2.37. The van der Waals surface area contributed by atoms with Crippen LogP contribution in [0.5, 0.6) is 0 Å². The minimum atomic E-state index is -0.247. The van der Waals surface area contributed by atoms with Gasteiger partial charge in [0.15, 0.2) is 5.82 Å². The molecular weight excluding hydrogens is 314 g/mol. The SMILES string of the molecule is Cc1cccc(C2(NC(=O)NCc3nnc4n3CCC4)CCCC2)c1. The Morgan fingerprint density at radius 1 is 1.24 bits per heavy atom. The zero-order chi connectivity index (χ0) is 17.3. The van der Waals surface area contributed by atoms with Gasteiger partial charge in [0.05, 0.1) is 12.1 Å². The van der Waals surface area contributed by atoms with Gasteiger partial charge in [0.25, 0.3) is 0 Å². The molecule has 1 aliphatic carbocycles. The van der Waals surface area contributed by atoms with Crippen LogP contribution in [0.2, 0.25) is 0 Å². The molecule has 0 saturated heterocycles. The van der Waals surface area contributed by atoms with E-state index in [1.807, 2.05) is 0 Å². The fourth-order valence-electron chi connectivity index (χ4n) is 4.17. The number of hydrogen-bond donors (Lipinski definition) is 2. The van der Waals surface area contributed by atoms with Gasteiger partial charge in [-0.3, -0.25) is 0 Å². The van der Waals surface area contributed by atoms with Gasteiger partial charge in [-0.2, -0.15) is 0 Å². The van der Waals surface area contributed by atoms with Gasteiger partial charge in [0, 0.05) is 13.0 Å². The van der Waals surface area contributed by atoms with Gasteiger partial charge in [-0.05, 0) is 31.7 Å². The third-order valence-corrected chi connectivity index (χ3v) is 5.47. The second kappa shape index (κ2) is 6.50. The van der Waals surface area contributed by atoms with E-state index in [4.69, 9.17) is 0 Å². The summed E-state index contributed by atoms with van der Waals surface area (Å²) in [6.07, 6.45) is 6.36. The van der Waals surface area contributed by atoms with Crippen molar-refractivity contribution >= 4 is 6.03 Å². The van der Waals surface area contributed by atoms with Crippen molar-refractivity contribution in [2.75, 3.05) is 0 Å². The van der Waals surface area contributed by atoms with Crippen LogP contribution in [0.1, 0.15) is 54.9 Å². The van der Waals surface area contributed by atoms with E-state index in [2.05, 4.69) is 56.6 Å². The first kappa shape index (κ1) is 16.1. The average Bonchev–Trinajstić information content (AvgIpc) is 3.31. The normalized spacial score (nSPS) is 18.1. The van der Waals surface area contributed by atoms with E-state index in [9.17, 15) is 4.79 Å². The summed E-state index contributed by atoms with van der Waals surface area (Å²) < 4.78 is 2.12. The summed E-state index contributed by atoms with van der Waals surface area (Å²) in [6, 6.07) is 8.36. The third-order valence-electron chi connectivity index (χ3n) is 5.47. The van der Waals surface area contributed by atoms with Crippen molar-refractivity contribution in [3.8, 4) is 0 Å². The summed E-state index contributed by atoms with van der Waals surface area (Å²) in [5.41, 5.74) is 2.19. The topological polar surface area (TPSA) is 71.8 Å². The highest BCUT2D eigenvalue weighted by Crippen LogP contribution is 2.38. The average molecular weight is 339 g/mol. The first-order chi connectivity index (χ1) is 12.2. The minimum Gasteiger partial charge on any atom is -0.331 e. The number of aromatic nitrogens is 3. The van der Waals surface area contributed by atoms with Gasteiger partial charge in [0.1, 0.15) is 5.82 Å². The van der Waals surface area contributed by atoms with Crippen molar-refractivity contribution in [1.82, 2.24) is 25.4 Å². The minimum absolute atomic E-state index is 0.126. The van der Waals surface area contributed by atoms with Crippen LogP contribution in [0.4, 0.5) is 4.79 Å². The maximum atomic E-state index is 12.6. The number of amides is 2. The standard InChI is InChI=1S/C19H25N5O/c1-14-6-4-7-15(12-14)19(9-2-3-10-19)21-18(25)20-13-17-23-22-16-8-5-11-24(16)17/h4,6-7,12H,2-3,5,8-11,13H2,1H3,(H2,20,21,25). The molecule has 2 N–H and O–H groups in total. The number of nitrogens with zero attached hydrogens (tertiary/aromatic N) is 3. The predicted molar refractivity (Wildman–Crippen MR) is 95.0 cm³/mol. The fourth-order valence-corrected chi connectivity index (χ4v) is 4.17. The lowest BCUT2D eigenvalue weighted by atomic mass is 9.87. The number of hydrogen-bond acceptors (Lipinski definition) is 3. The largest absolute Gasteiger partial charge is 0.331 e. The van der Waals surface area contributed by atoms with Crippen molar-refractivity contribution in [1.29, 1.82) is 0 Å². The van der Waals surface area contributed by atoms with E-state index < -0.39 is 0 Å². The molecule has 1 aliphatic heterocycles. The molecule has 6 nitrogen and oxygen atoms in total. The molecule has 0 unspecified atom stereocenters. The van der Waals surface area contributed by atoms with Crippen LogP contribution in [0.3, 0.4) is 0 Å². The Kier molecular flexibility index (Phi) is 4.19. The van der Waals surface area contributed by atoms with Crippen LogP contribution in [-0.2, 0) is 25.0 Å². The molecule has 2 amide bonds. The van der Waals surface area contributed by atoms with E-state index >= 15 is 0 Å². The second-order valence-corrected chi connectivity index (χ2v) is 7.25. The highest BCUT2D eigenvalue weighted by molar-refractivity contribution is 5.75. The van der Waals surface area contributed by atoms with Crippen LogP contribution in [0, 0.1) is 6.92 Å². The van der Waals surface area contributed by atoms with Crippen LogP contribution >= 0.6 is 0 Å². The zero-order valence-corrected chi connectivity index (χ0v) is 14.7. The molecule has 1 aromatic heterocycles. The molecule has 0 atom stereocenters. The molecule has 1 saturated carbocycles. The number of aryl methyl sites for hydroxylation is 2. The molecule has 0 radical (unpaired) electrons. The number of fused-ring (bicyclic) bond motifs is 1. The predicted octanol–water partition coefficient (Wildman–Crippen LogP) is 2.80. The van der Waals surface area contributed by atoms with Gasteiger partial charge in [-0.1, -0.05) is 42.7 Å². The second-order valence-electron chi connectivity index (χ2n) is 7.25. The van der Waals surface area contributed by atoms with Gasteiger partial charge < -0.3 is 15.2 Å². The van der Waals surface area contributed by atoms with E-state index in [1.165, 1.54) is 11.1 Å². The number of carbonyl (C=O) groups is 1. The maximum Gasteiger partial charge on any atom is 0.315 e. The number of carbonyl (C=O) groups excluding carboxylic acids is 1. The lowest BCUT2D eigenvalue weighted by Gasteiger charge is -2.31.